The fraction of sp³-hybridized carbons (Fsp3) is 0.214. The van der Waals surface area contributed by atoms with Crippen LogP contribution >= 0.6 is 0 Å². The zero-order valence-corrected chi connectivity index (χ0v) is 10.5. The molecule has 2 aromatic rings. The Kier molecular flexibility index (Phi) is 2.87. The van der Waals surface area contributed by atoms with Gasteiger partial charge in [-0.2, -0.15) is 0 Å². The van der Waals surface area contributed by atoms with E-state index in [-0.39, 0.29) is 5.91 Å². The summed E-state index contributed by atoms with van der Waals surface area (Å²) >= 11 is 0. The molecule has 0 atom stereocenters. The number of benzene rings is 1. The molecule has 0 unspecified atom stereocenters. The molecule has 0 saturated heterocycles. The van der Waals surface area contributed by atoms with E-state index in [0.717, 1.165) is 22.4 Å². The third-order valence-corrected chi connectivity index (χ3v) is 2.99. The van der Waals surface area contributed by atoms with Crippen LogP contribution in [0.4, 0.5) is 0 Å². The minimum atomic E-state index is -0.0179. The van der Waals surface area contributed by atoms with Gasteiger partial charge in [-0.1, -0.05) is 6.07 Å². The highest BCUT2D eigenvalue weighted by Crippen LogP contribution is 2.24. The Morgan fingerprint density at radius 1 is 1.37 bits per heavy atom. The van der Waals surface area contributed by atoms with Gasteiger partial charge in [0.2, 0.25) is 5.88 Å². The van der Waals surface area contributed by atoms with Crippen LogP contribution < -0.4 is 10.1 Å². The van der Waals surface area contributed by atoms with E-state index in [1.165, 1.54) is 0 Å². The van der Waals surface area contributed by atoms with Gasteiger partial charge in [0, 0.05) is 17.7 Å². The highest BCUT2D eigenvalue weighted by atomic mass is 16.5. The number of carbonyl (C=O) groups is 1. The molecule has 0 aliphatic carbocycles. The second-order valence-corrected chi connectivity index (χ2v) is 4.23. The van der Waals surface area contributed by atoms with Crippen LogP contribution in [0, 0.1) is 0 Å². The zero-order valence-electron chi connectivity index (χ0n) is 10.5. The van der Waals surface area contributed by atoms with Crippen molar-refractivity contribution in [3.05, 3.63) is 41.7 Å². The molecule has 1 amide bonds. The molecule has 0 bridgehead atoms. The van der Waals surface area contributed by atoms with Crippen molar-refractivity contribution in [2.24, 2.45) is 0 Å². The topological polar surface area (TPSA) is 64.1 Å². The lowest BCUT2D eigenvalue weighted by Crippen LogP contribution is -2.12. The Balaban J connectivity index is 1.98. The number of ether oxygens (including phenoxy) is 1. The molecule has 0 spiro atoms. The Bertz CT molecular complexity index is 640. The van der Waals surface area contributed by atoms with Crippen LogP contribution in [0.2, 0.25) is 0 Å². The molecule has 1 aromatic carbocycles. The average Bonchev–Trinajstić information content (AvgIpc) is 2.81. The summed E-state index contributed by atoms with van der Waals surface area (Å²) in [5, 5.41) is 2.80. The van der Waals surface area contributed by atoms with Gasteiger partial charge in [-0.3, -0.25) is 9.78 Å². The smallest absolute Gasteiger partial charge is 0.251 e. The molecule has 0 saturated carbocycles. The van der Waals surface area contributed by atoms with Crippen LogP contribution in [0.5, 0.6) is 5.88 Å². The monoisotopic (exact) mass is 255 g/mol. The minimum absolute atomic E-state index is 0.0179. The first-order valence-corrected chi connectivity index (χ1v) is 6.14. The maximum atomic E-state index is 11.5. The maximum Gasteiger partial charge on any atom is 0.251 e. The Hall–Kier alpha value is -2.43. The number of carbonyl (C=O) groups excluding carboxylic acids is 1. The summed E-state index contributed by atoms with van der Waals surface area (Å²) in [4.78, 5) is 20.0. The number of aromatic nitrogens is 2. The van der Waals surface area contributed by atoms with Gasteiger partial charge in [-0.05, 0) is 24.6 Å². The second-order valence-electron chi connectivity index (χ2n) is 4.23. The van der Waals surface area contributed by atoms with Gasteiger partial charge < -0.3 is 10.1 Å². The number of hydrogen-bond donors (Lipinski definition) is 1. The molecule has 0 fully saturated rings. The summed E-state index contributed by atoms with van der Waals surface area (Å²) in [5.74, 6) is 0.491. The number of fused-ring (bicyclic) bond motifs is 1. The van der Waals surface area contributed by atoms with Crippen molar-refractivity contribution in [2.75, 3.05) is 6.61 Å². The van der Waals surface area contributed by atoms with Gasteiger partial charge in [0.15, 0.2) is 0 Å². The highest BCUT2D eigenvalue weighted by molar-refractivity contribution is 5.98. The van der Waals surface area contributed by atoms with Crippen LogP contribution in [0.1, 0.15) is 22.8 Å². The van der Waals surface area contributed by atoms with Gasteiger partial charge >= 0.3 is 0 Å². The van der Waals surface area contributed by atoms with Crippen LogP contribution in [0.25, 0.3) is 11.3 Å². The molecule has 3 rings (SSSR count). The molecule has 5 nitrogen and oxygen atoms in total. The first-order valence-electron chi connectivity index (χ1n) is 6.14. The summed E-state index contributed by atoms with van der Waals surface area (Å²) in [7, 11) is 0. The normalized spacial score (nSPS) is 13.0. The van der Waals surface area contributed by atoms with Gasteiger partial charge in [0.05, 0.1) is 24.7 Å². The lowest BCUT2D eigenvalue weighted by molar-refractivity contribution is 0.0966. The number of amides is 1. The number of nitrogens with zero attached hydrogens (tertiary/aromatic N) is 2. The lowest BCUT2D eigenvalue weighted by atomic mass is 10.0. The molecule has 1 aliphatic heterocycles. The van der Waals surface area contributed by atoms with E-state index in [9.17, 15) is 4.79 Å². The van der Waals surface area contributed by atoms with E-state index in [4.69, 9.17) is 4.74 Å². The molecule has 1 aliphatic rings. The van der Waals surface area contributed by atoms with E-state index >= 15 is 0 Å². The van der Waals surface area contributed by atoms with Gasteiger partial charge in [-0.25, -0.2) is 4.98 Å². The van der Waals surface area contributed by atoms with E-state index < -0.39 is 0 Å². The summed E-state index contributed by atoms with van der Waals surface area (Å²) in [5.41, 5.74) is 3.40. The van der Waals surface area contributed by atoms with Crippen molar-refractivity contribution in [1.82, 2.24) is 15.3 Å². The quantitative estimate of drug-likeness (QED) is 0.908. The minimum Gasteiger partial charge on any atom is -0.477 e. The maximum absolute atomic E-state index is 11.5. The van der Waals surface area contributed by atoms with E-state index in [2.05, 4.69) is 15.3 Å². The molecule has 1 aromatic heterocycles. The van der Waals surface area contributed by atoms with Crippen LogP contribution in [-0.4, -0.2) is 22.5 Å². The molecule has 1 N–H and O–H groups in total. The van der Waals surface area contributed by atoms with Crippen molar-refractivity contribution >= 4 is 5.91 Å². The van der Waals surface area contributed by atoms with Crippen LogP contribution in [0.3, 0.4) is 0 Å². The summed E-state index contributed by atoms with van der Waals surface area (Å²) in [6, 6.07) is 5.67. The standard InChI is InChI=1S/C14H13N3O2/c1-2-19-13-8-15-7-12(17-13)9-3-4-11-10(5-9)6-16-14(11)18/h3-5,7-8H,2,6H2,1H3,(H,16,18). The molecule has 0 radical (unpaired) electrons. The first-order chi connectivity index (χ1) is 9.28. The second kappa shape index (κ2) is 4.68. The zero-order chi connectivity index (χ0) is 13.2. The van der Waals surface area contributed by atoms with Crippen molar-refractivity contribution in [3.63, 3.8) is 0 Å². The first kappa shape index (κ1) is 11.6. The SMILES string of the molecule is CCOc1cncc(-c2ccc3c(c2)CNC3=O)n1. The summed E-state index contributed by atoms with van der Waals surface area (Å²) in [6.45, 7) is 3.03. The fourth-order valence-electron chi connectivity index (χ4n) is 2.10. The van der Waals surface area contributed by atoms with E-state index in [0.29, 0.717) is 19.0 Å². The molecule has 5 heteroatoms. The molecule has 2 heterocycles. The predicted molar refractivity (Wildman–Crippen MR) is 69.8 cm³/mol. The third kappa shape index (κ3) is 2.14. The molecule has 19 heavy (non-hydrogen) atoms. The third-order valence-electron chi connectivity index (χ3n) is 2.99. The van der Waals surface area contributed by atoms with Crippen LogP contribution in [-0.2, 0) is 6.54 Å². The van der Waals surface area contributed by atoms with Crippen molar-refractivity contribution in [1.29, 1.82) is 0 Å². The molecular weight excluding hydrogens is 242 g/mol. The molecular formula is C14H13N3O2. The van der Waals surface area contributed by atoms with Gasteiger partial charge in [-0.15, -0.1) is 0 Å². The van der Waals surface area contributed by atoms with Crippen molar-refractivity contribution in [3.8, 4) is 17.1 Å². The number of hydrogen-bond acceptors (Lipinski definition) is 4. The van der Waals surface area contributed by atoms with Gasteiger partial charge in [0.1, 0.15) is 0 Å². The highest BCUT2D eigenvalue weighted by Gasteiger charge is 2.19. The fourth-order valence-corrected chi connectivity index (χ4v) is 2.10. The van der Waals surface area contributed by atoms with Crippen molar-refractivity contribution in [2.45, 2.75) is 13.5 Å². The van der Waals surface area contributed by atoms with Crippen LogP contribution in [0.15, 0.2) is 30.6 Å². The molecule has 96 valence electrons. The summed E-state index contributed by atoms with van der Waals surface area (Å²) < 4.78 is 5.34. The largest absolute Gasteiger partial charge is 0.477 e. The number of nitrogens with one attached hydrogen (secondary N) is 1. The summed E-state index contributed by atoms with van der Waals surface area (Å²) in [6.07, 6.45) is 3.28. The Morgan fingerprint density at radius 3 is 3.11 bits per heavy atom. The van der Waals surface area contributed by atoms with Gasteiger partial charge in [0.25, 0.3) is 5.91 Å². The Morgan fingerprint density at radius 2 is 2.26 bits per heavy atom. The van der Waals surface area contributed by atoms with E-state index in [1.807, 2.05) is 25.1 Å². The van der Waals surface area contributed by atoms with E-state index in [1.54, 1.807) is 12.4 Å². The average molecular weight is 255 g/mol. The van der Waals surface area contributed by atoms with Crippen molar-refractivity contribution < 1.29 is 9.53 Å². The Labute approximate surface area is 110 Å². The predicted octanol–water partition coefficient (Wildman–Crippen LogP) is 1.79. The number of rotatable bonds is 3. The lowest BCUT2D eigenvalue weighted by Gasteiger charge is -2.05.